The maximum absolute atomic E-state index is 5.53. The van der Waals surface area contributed by atoms with E-state index in [1.54, 1.807) is 6.08 Å². The van der Waals surface area contributed by atoms with Crippen LogP contribution in [0.4, 0.5) is 0 Å². The Morgan fingerprint density at radius 1 is 0.283 bits per heavy atom. The third kappa shape index (κ3) is 43.2. The Morgan fingerprint density at radius 3 is 0.717 bits per heavy atom. The molecular formula is C33H66O13. The molecule has 0 aromatic heterocycles. The van der Waals surface area contributed by atoms with E-state index < -0.39 is 0 Å². The molecular weight excluding hydrogens is 604 g/mol. The van der Waals surface area contributed by atoms with Crippen LogP contribution in [0.5, 0.6) is 0 Å². The summed E-state index contributed by atoms with van der Waals surface area (Å²) in [4.78, 5) is 0. The van der Waals surface area contributed by atoms with Gasteiger partial charge in [0.25, 0.3) is 0 Å². The molecule has 0 radical (unpaired) electrons. The van der Waals surface area contributed by atoms with Crippen LogP contribution in [0.3, 0.4) is 0 Å². The molecule has 13 heteroatoms. The molecule has 0 rings (SSSR count). The summed E-state index contributed by atoms with van der Waals surface area (Å²) >= 11 is 0. The molecule has 0 fully saturated rings. The smallest absolute Gasteiger partial charge is 0.0704 e. The average molecular weight is 671 g/mol. The molecule has 0 aromatic carbocycles. The van der Waals surface area contributed by atoms with Gasteiger partial charge >= 0.3 is 0 Å². The van der Waals surface area contributed by atoms with Crippen LogP contribution in [-0.2, 0) is 61.6 Å². The summed E-state index contributed by atoms with van der Waals surface area (Å²) in [5.74, 6) is 0. The van der Waals surface area contributed by atoms with Crippen LogP contribution in [0.1, 0.15) is 32.6 Å². The summed E-state index contributed by atoms with van der Waals surface area (Å²) < 4.78 is 70.8. The molecule has 0 N–H and O–H groups in total. The first-order valence-corrected chi connectivity index (χ1v) is 17.0. The Labute approximate surface area is 278 Å². The Morgan fingerprint density at radius 2 is 0.500 bits per heavy atom. The first-order valence-electron chi connectivity index (χ1n) is 17.0. The van der Waals surface area contributed by atoms with Gasteiger partial charge in [-0.1, -0.05) is 32.3 Å². The molecule has 0 unspecified atom stereocenters. The molecule has 0 heterocycles. The van der Waals surface area contributed by atoms with Crippen molar-refractivity contribution in [3.63, 3.8) is 0 Å². The van der Waals surface area contributed by atoms with Gasteiger partial charge in [-0.15, -0.1) is 6.58 Å². The summed E-state index contributed by atoms with van der Waals surface area (Å²) in [6.45, 7) is 20.0. The van der Waals surface area contributed by atoms with Gasteiger partial charge in [-0.05, 0) is 6.42 Å². The maximum atomic E-state index is 5.53. The minimum atomic E-state index is 0.513. The van der Waals surface area contributed by atoms with Gasteiger partial charge in [0.15, 0.2) is 0 Å². The molecule has 0 aliphatic heterocycles. The molecule has 0 saturated heterocycles. The fraction of sp³-hybridized carbons (Fsp3) is 0.939. The molecule has 0 bridgehead atoms. The number of unbranched alkanes of at least 4 members (excludes halogenated alkanes) is 3. The zero-order valence-electron chi connectivity index (χ0n) is 28.8. The number of hydrogen-bond acceptors (Lipinski definition) is 13. The van der Waals surface area contributed by atoms with Crippen LogP contribution in [0.25, 0.3) is 0 Å². The molecule has 0 spiro atoms. The molecule has 0 aliphatic rings. The van der Waals surface area contributed by atoms with Crippen LogP contribution < -0.4 is 0 Å². The summed E-state index contributed by atoms with van der Waals surface area (Å²) in [6.07, 6.45) is 6.61. The van der Waals surface area contributed by atoms with Gasteiger partial charge in [-0.3, -0.25) is 0 Å². The molecule has 0 aromatic rings. The van der Waals surface area contributed by atoms with Crippen molar-refractivity contribution in [2.24, 2.45) is 0 Å². The van der Waals surface area contributed by atoms with Crippen LogP contribution in [-0.4, -0.2) is 172 Å². The number of ether oxygens (including phenoxy) is 13. The van der Waals surface area contributed by atoms with E-state index in [0.29, 0.717) is 165 Å². The predicted octanol–water partition coefficient (Wildman–Crippen LogP) is 2.97. The molecule has 276 valence electrons. The first kappa shape index (κ1) is 45.2. The predicted molar refractivity (Wildman–Crippen MR) is 175 cm³/mol. The largest absolute Gasteiger partial charge is 0.379 e. The zero-order valence-corrected chi connectivity index (χ0v) is 28.8. The quantitative estimate of drug-likeness (QED) is 0.0699. The van der Waals surface area contributed by atoms with Gasteiger partial charge in [-0.25, -0.2) is 0 Å². The summed E-state index contributed by atoms with van der Waals surface area (Å²) in [6, 6.07) is 0. The van der Waals surface area contributed by atoms with E-state index in [1.807, 2.05) is 0 Å². The van der Waals surface area contributed by atoms with Crippen molar-refractivity contribution in [2.45, 2.75) is 32.6 Å². The van der Waals surface area contributed by atoms with Crippen molar-refractivity contribution >= 4 is 0 Å². The first-order chi connectivity index (χ1) is 22.9. The highest BCUT2D eigenvalue weighted by Crippen LogP contribution is 1.98. The summed E-state index contributed by atoms with van der Waals surface area (Å²) in [5.41, 5.74) is 0. The van der Waals surface area contributed by atoms with Gasteiger partial charge in [0, 0.05) is 6.61 Å². The maximum Gasteiger partial charge on any atom is 0.0704 e. The lowest BCUT2D eigenvalue weighted by Gasteiger charge is -2.09. The van der Waals surface area contributed by atoms with Crippen molar-refractivity contribution in [2.75, 3.05) is 172 Å². The molecule has 13 nitrogen and oxygen atoms in total. The fourth-order valence-corrected chi connectivity index (χ4v) is 3.44. The van der Waals surface area contributed by atoms with E-state index in [0.717, 1.165) is 13.0 Å². The van der Waals surface area contributed by atoms with Gasteiger partial charge in [-0.2, -0.15) is 0 Å². The van der Waals surface area contributed by atoms with Gasteiger partial charge in [0.2, 0.25) is 0 Å². The second-order valence-corrected chi connectivity index (χ2v) is 9.77. The van der Waals surface area contributed by atoms with Crippen LogP contribution >= 0.6 is 0 Å². The monoisotopic (exact) mass is 670 g/mol. The standard InChI is InChI=1S/C33H66O13/c1-3-5-6-7-9-35-11-13-37-15-17-39-19-21-41-23-25-43-27-29-45-31-33-46-32-30-44-28-26-42-24-22-40-20-18-38-16-14-36-12-10-34-8-4-2/h4H,2-3,5-33H2,1H3. The number of rotatable bonds is 43. The van der Waals surface area contributed by atoms with E-state index in [1.165, 1.54) is 19.3 Å². The van der Waals surface area contributed by atoms with E-state index in [2.05, 4.69) is 13.5 Å². The van der Waals surface area contributed by atoms with Crippen molar-refractivity contribution in [1.29, 1.82) is 0 Å². The van der Waals surface area contributed by atoms with Gasteiger partial charge < -0.3 is 61.6 Å². The molecule has 0 saturated carbocycles. The second kappa shape index (κ2) is 44.2. The third-order valence-electron chi connectivity index (χ3n) is 5.84. The van der Waals surface area contributed by atoms with Crippen molar-refractivity contribution < 1.29 is 61.6 Å². The van der Waals surface area contributed by atoms with E-state index in [-0.39, 0.29) is 0 Å². The number of hydrogen-bond donors (Lipinski definition) is 0. The second-order valence-electron chi connectivity index (χ2n) is 9.77. The van der Waals surface area contributed by atoms with E-state index in [9.17, 15) is 0 Å². The van der Waals surface area contributed by atoms with Crippen molar-refractivity contribution in [3.8, 4) is 0 Å². The van der Waals surface area contributed by atoms with Crippen LogP contribution in [0, 0.1) is 0 Å². The van der Waals surface area contributed by atoms with Crippen LogP contribution in [0.15, 0.2) is 12.7 Å². The molecule has 0 atom stereocenters. The fourth-order valence-electron chi connectivity index (χ4n) is 3.44. The van der Waals surface area contributed by atoms with Gasteiger partial charge in [0.05, 0.1) is 165 Å². The third-order valence-corrected chi connectivity index (χ3v) is 5.84. The zero-order chi connectivity index (χ0) is 33.1. The molecule has 0 amide bonds. The summed E-state index contributed by atoms with van der Waals surface area (Å²) in [7, 11) is 0. The lowest BCUT2D eigenvalue weighted by atomic mass is 10.2. The van der Waals surface area contributed by atoms with E-state index in [4.69, 9.17) is 61.6 Å². The Kier molecular flexibility index (Phi) is 43.5. The van der Waals surface area contributed by atoms with Crippen LogP contribution in [0.2, 0.25) is 0 Å². The highest BCUT2D eigenvalue weighted by atomic mass is 16.6. The topological polar surface area (TPSA) is 120 Å². The molecule has 0 aliphatic carbocycles. The van der Waals surface area contributed by atoms with Crippen molar-refractivity contribution in [3.05, 3.63) is 12.7 Å². The minimum Gasteiger partial charge on any atom is -0.379 e. The lowest BCUT2D eigenvalue weighted by molar-refractivity contribution is -0.0289. The highest BCUT2D eigenvalue weighted by Gasteiger charge is 1.97. The van der Waals surface area contributed by atoms with Gasteiger partial charge in [0.1, 0.15) is 0 Å². The SMILES string of the molecule is C=CCOCCOCCOCCOCCOCCOCCOCCOCCOCCOCCOCCOCCOCCCCCC. The van der Waals surface area contributed by atoms with Crippen molar-refractivity contribution in [1.82, 2.24) is 0 Å². The Balaban J connectivity index is 3.03. The highest BCUT2D eigenvalue weighted by molar-refractivity contribution is 4.63. The van der Waals surface area contributed by atoms with E-state index >= 15 is 0 Å². The summed E-state index contributed by atoms with van der Waals surface area (Å²) in [5, 5.41) is 0. The normalized spacial score (nSPS) is 11.5. The Bertz CT molecular complexity index is 546. The molecule has 46 heavy (non-hydrogen) atoms. The Hall–Kier alpha value is -0.780. The lowest BCUT2D eigenvalue weighted by Crippen LogP contribution is -2.15. The average Bonchev–Trinajstić information content (AvgIpc) is 3.07. The minimum absolute atomic E-state index is 0.513.